The van der Waals surface area contributed by atoms with Crippen LogP contribution in [-0.4, -0.2) is 15.5 Å². The number of imidazole rings is 1. The molecule has 0 saturated heterocycles. The van der Waals surface area contributed by atoms with Crippen molar-refractivity contribution < 1.29 is 4.79 Å². The van der Waals surface area contributed by atoms with Crippen molar-refractivity contribution in [3.8, 4) is 0 Å². The van der Waals surface area contributed by atoms with E-state index in [-0.39, 0.29) is 11.9 Å². The van der Waals surface area contributed by atoms with E-state index >= 15 is 0 Å². The lowest BCUT2D eigenvalue weighted by Gasteiger charge is -2.13. The van der Waals surface area contributed by atoms with E-state index < -0.39 is 0 Å². The van der Waals surface area contributed by atoms with Crippen molar-refractivity contribution in [2.45, 2.75) is 33.4 Å². The number of hydrogen-bond donors (Lipinski definition) is 1. The predicted molar refractivity (Wildman–Crippen MR) is 67.6 cm³/mol. The Morgan fingerprint density at radius 3 is 2.82 bits per heavy atom. The summed E-state index contributed by atoms with van der Waals surface area (Å²) in [6.07, 6.45) is 0. The Kier molecular flexibility index (Phi) is 3.13. The van der Waals surface area contributed by atoms with Crippen LogP contribution in [0.3, 0.4) is 0 Å². The molecule has 1 heterocycles. The van der Waals surface area contributed by atoms with Crippen LogP contribution in [0.5, 0.6) is 0 Å². The minimum absolute atomic E-state index is 0.0350. The Balaban J connectivity index is 2.49. The van der Waals surface area contributed by atoms with Gasteiger partial charge in [-0.2, -0.15) is 0 Å². The Hall–Kier alpha value is -1.84. The number of nitrogens with one attached hydrogen (secondary N) is 1. The molecule has 1 atom stereocenters. The summed E-state index contributed by atoms with van der Waals surface area (Å²) < 4.78 is 2.13. The first-order chi connectivity index (χ1) is 8.13. The van der Waals surface area contributed by atoms with Gasteiger partial charge in [0.1, 0.15) is 5.82 Å². The first kappa shape index (κ1) is 11.6. The van der Waals surface area contributed by atoms with Crippen LogP contribution in [0.1, 0.15) is 32.6 Å². The SMILES string of the molecule is CCn1c([C@H](C)NC(C)=O)nc2ccccc21. The fraction of sp³-hybridized carbons (Fsp3) is 0.385. The molecule has 1 aromatic heterocycles. The number of carbonyl (C=O) groups excluding carboxylic acids is 1. The van der Waals surface area contributed by atoms with E-state index in [0.717, 1.165) is 23.4 Å². The Labute approximate surface area is 101 Å². The first-order valence-corrected chi connectivity index (χ1v) is 5.85. The van der Waals surface area contributed by atoms with Crippen LogP contribution in [0.15, 0.2) is 24.3 Å². The Bertz CT molecular complexity index is 545. The Morgan fingerprint density at radius 1 is 1.47 bits per heavy atom. The number of hydrogen-bond acceptors (Lipinski definition) is 2. The molecule has 0 unspecified atom stereocenters. The number of benzene rings is 1. The number of aromatic nitrogens is 2. The lowest BCUT2D eigenvalue weighted by molar-refractivity contribution is -0.119. The molecular weight excluding hydrogens is 214 g/mol. The van der Waals surface area contributed by atoms with Crippen molar-refractivity contribution >= 4 is 16.9 Å². The number of fused-ring (bicyclic) bond motifs is 1. The minimum Gasteiger partial charge on any atom is -0.347 e. The molecule has 0 radical (unpaired) electrons. The molecule has 90 valence electrons. The number of aryl methyl sites for hydroxylation is 1. The summed E-state index contributed by atoms with van der Waals surface area (Å²) in [6.45, 7) is 6.40. The van der Waals surface area contributed by atoms with E-state index in [1.165, 1.54) is 6.92 Å². The van der Waals surface area contributed by atoms with Gasteiger partial charge in [0.2, 0.25) is 5.91 Å². The molecule has 17 heavy (non-hydrogen) atoms. The maximum Gasteiger partial charge on any atom is 0.217 e. The summed E-state index contributed by atoms with van der Waals surface area (Å²) in [7, 11) is 0. The molecule has 0 saturated carbocycles. The predicted octanol–water partition coefficient (Wildman–Crippen LogP) is 2.25. The van der Waals surface area contributed by atoms with Crippen molar-refractivity contribution in [3.63, 3.8) is 0 Å². The van der Waals surface area contributed by atoms with Gasteiger partial charge < -0.3 is 9.88 Å². The third kappa shape index (κ3) is 2.16. The van der Waals surface area contributed by atoms with E-state index in [1.54, 1.807) is 0 Å². The molecule has 0 spiro atoms. The molecule has 0 fully saturated rings. The largest absolute Gasteiger partial charge is 0.347 e. The van der Waals surface area contributed by atoms with E-state index in [2.05, 4.69) is 27.9 Å². The lowest BCUT2D eigenvalue weighted by Crippen LogP contribution is -2.26. The van der Waals surface area contributed by atoms with Crippen LogP contribution in [0.25, 0.3) is 11.0 Å². The number of amides is 1. The van der Waals surface area contributed by atoms with Crippen molar-refractivity contribution in [2.75, 3.05) is 0 Å². The van der Waals surface area contributed by atoms with Gasteiger partial charge in [0.15, 0.2) is 0 Å². The quantitative estimate of drug-likeness (QED) is 0.880. The molecule has 0 aliphatic carbocycles. The summed E-state index contributed by atoms with van der Waals surface area (Å²) in [6, 6.07) is 7.95. The highest BCUT2D eigenvalue weighted by atomic mass is 16.1. The van der Waals surface area contributed by atoms with Gasteiger partial charge in [0, 0.05) is 13.5 Å². The monoisotopic (exact) mass is 231 g/mol. The van der Waals surface area contributed by atoms with Crippen molar-refractivity contribution in [1.82, 2.24) is 14.9 Å². The number of rotatable bonds is 3. The van der Waals surface area contributed by atoms with E-state index in [9.17, 15) is 4.79 Å². The third-order valence-corrected chi connectivity index (χ3v) is 2.81. The number of carbonyl (C=O) groups is 1. The van der Waals surface area contributed by atoms with Crippen LogP contribution in [0, 0.1) is 0 Å². The highest BCUT2D eigenvalue weighted by molar-refractivity contribution is 5.77. The van der Waals surface area contributed by atoms with Crippen LogP contribution in [0.2, 0.25) is 0 Å². The van der Waals surface area contributed by atoms with Crippen molar-refractivity contribution in [1.29, 1.82) is 0 Å². The van der Waals surface area contributed by atoms with E-state index in [4.69, 9.17) is 0 Å². The van der Waals surface area contributed by atoms with Crippen LogP contribution < -0.4 is 5.32 Å². The topological polar surface area (TPSA) is 46.9 Å². The smallest absolute Gasteiger partial charge is 0.217 e. The highest BCUT2D eigenvalue weighted by Gasteiger charge is 2.15. The maximum atomic E-state index is 11.1. The van der Waals surface area contributed by atoms with Gasteiger partial charge in [0.25, 0.3) is 0 Å². The summed E-state index contributed by atoms with van der Waals surface area (Å²) >= 11 is 0. The van der Waals surface area contributed by atoms with Gasteiger partial charge in [-0.25, -0.2) is 4.98 Å². The van der Waals surface area contributed by atoms with Gasteiger partial charge in [-0.05, 0) is 26.0 Å². The first-order valence-electron chi connectivity index (χ1n) is 5.85. The maximum absolute atomic E-state index is 11.1. The second-order valence-electron chi connectivity index (χ2n) is 4.13. The molecular formula is C13H17N3O. The molecule has 4 nitrogen and oxygen atoms in total. The van der Waals surface area contributed by atoms with Gasteiger partial charge >= 0.3 is 0 Å². The fourth-order valence-corrected chi connectivity index (χ4v) is 2.13. The molecule has 2 rings (SSSR count). The van der Waals surface area contributed by atoms with Crippen LogP contribution in [-0.2, 0) is 11.3 Å². The average molecular weight is 231 g/mol. The average Bonchev–Trinajstić information content (AvgIpc) is 2.66. The standard InChI is InChI=1S/C13H17N3O/c1-4-16-12-8-6-5-7-11(12)15-13(16)9(2)14-10(3)17/h5-9H,4H2,1-3H3,(H,14,17)/t9-/m0/s1. The zero-order valence-electron chi connectivity index (χ0n) is 10.4. The van der Waals surface area contributed by atoms with E-state index in [0.29, 0.717) is 0 Å². The zero-order chi connectivity index (χ0) is 12.4. The van der Waals surface area contributed by atoms with Crippen molar-refractivity contribution in [2.24, 2.45) is 0 Å². The molecule has 0 bridgehead atoms. The van der Waals surface area contributed by atoms with Gasteiger partial charge in [0.05, 0.1) is 17.1 Å². The van der Waals surface area contributed by atoms with Gasteiger partial charge in [-0.15, -0.1) is 0 Å². The summed E-state index contributed by atoms with van der Waals surface area (Å²) in [5, 5.41) is 2.87. The molecule has 2 aromatic rings. The van der Waals surface area contributed by atoms with Gasteiger partial charge in [-0.1, -0.05) is 12.1 Å². The Morgan fingerprint density at radius 2 is 2.18 bits per heavy atom. The molecule has 1 aromatic carbocycles. The van der Waals surface area contributed by atoms with Crippen LogP contribution in [0.4, 0.5) is 0 Å². The zero-order valence-corrected chi connectivity index (χ0v) is 10.4. The number of nitrogens with zero attached hydrogens (tertiary/aromatic N) is 2. The molecule has 0 aliphatic rings. The fourth-order valence-electron chi connectivity index (χ4n) is 2.13. The normalized spacial score (nSPS) is 12.6. The highest BCUT2D eigenvalue weighted by Crippen LogP contribution is 2.20. The second kappa shape index (κ2) is 4.57. The molecule has 4 heteroatoms. The molecule has 0 aliphatic heterocycles. The summed E-state index contributed by atoms with van der Waals surface area (Å²) in [4.78, 5) is 15.7. The number of para-hydroxylation sites is 2. The van der Waals surface area contributed by atoms with Crippen molar-refractivity contribution in [3.05, 3.63) is 30.1 Å². The van der Waals surface area contributed by atoms with E-state index in [1.807, 2.05) is 25.1 Å². The molecule has 1 N–H and O–H groups in total. The van der Waals surface area contributed by atoms with Gasteiger partial charge in [-0.3, -0.25) is 4.79 Å². The second-order valence-corrected chi connectivity index (χ2v) is 4.13. The third-order valence-electron chi connectivity index (χ3n) is 2.81. The lowest BCUT2D eigenvalue weighted by atomic mass is 10.3. The summed E-state index contributed by atoms with van der Waals surface area (Å²) in [5.74, 6) is 0.871. The minimum atomic E-state index is -0.0696. The summed E-state index contributed by atoms with van der Waals surface area (Å²) in [5.41, 5.74) is 2.09. The molecule has 1 amide bonds. The van der Waals surface area contributed by atoms with Crippen LogP contribution >= 0.6 is 0 Å².